The lowest BCUT2D eigenvalue weighted by molar-refractivity contribution is 0.0243. The van der Waals surface area contributed by atoms with Crippen LogP contribution in [0.5, 0.6) is 0 Å². The number of hydrogen-bond donors (Lipinski definition) is 1. The highest BCUT2D eigenvalue weighted by Crippen LogP contribution is 2.35. The third-order valence-corrected chi connectivity index (χ3v) is 3.52. The Labute approximate surface area is 94.0 Å². The van der Waals surface area contributed by atoms with Gasteiger partial charge in [-0.25, -0.2) is 0 Å². The van der Waals surface area contributed by atoms with E-state index >= 15 is 0 Å². The Morgan fingerprint density at radius 1 is 1.20 bits per heavy atom. The second-order valence-electron chi connectivity index (χ2n) is 5.23. The van der Waals surface area contributed by atoms with E-state index in [2.05, 4.69) is 13.8 Å². The van der Waals surface area contributed by atoms with Crippen molar-refractivity contribution < 1.29 is 9.84 Å². The molecule has 1 aliphatic carbocycles. The van der Waals surface area contributed by atoms with E-state index in [9.17, 15) is 5.11 Å². The normalized spacial score (nSPS) is 34.0. The van der Waals surface area contributed by atoms with Crippen molar-refractivity contribution in [3.8, 4) is 0 Å². The quantitative estimate of drug-likeness (QED) is 0.713. The first-order chi connectivity index (χ1) is 7.13. The monoisotopic (exact) mass is 214 g/mol. The van der Waals surface area contributed by atoms with Gasteiger partial charge in [-0.05, 0) is 50.4 Å². The Morgan fingerprint density at radius 2 is 1.80 bits per heavy atom. The molecule has 0 spiro atoms. The molecule has 0 heterocycles. The summed E-state index contributed by atoms with van der Waals surface area (Å²) in [5.74, 6) is 2.06. The van der Waals surface area contributed by atoms with Crippen molar-refractivity contribution >= 4 is 0 Å². The van der Waals surface area contributed by atoms with Crippen molar-refractivity contribution in [3.05, 3.63) is 0 Å². The van der Waals surface area contributed by atoms with Gasteiger partial charge in [-0.2, -0.15) is 0 Å². The summed E-state index contributed by atoms with van der Waals surface area (Å²) in [5, 5.41) is 10.1. The predicted octanol–water partition coefficient (Wildman–Crippen LogP) is 2.85. The first-order valence-corrected chi connectivity index (χ1v) is 6.39. The molecule has 15 heavy (non-hydrogen) atoms. The Morgan fingerprint density at radius 3 is 2.33 bits per heavy atom. The van der Waals surface area contributed by atoms with E-state index in [1.54, 1.807) is 0 Å². The van der Waals surface area contributed by atoms with Gasteiger partial charge in [-0.1, -0.05) is 13.8 Å². The van der Waals surface area contributed by atoms with Crippen LogP contribution in [-0.2, 0) is 4.74 Å². The van der Waals surface area contributed by atoms with Gasteiger partial charge in [0.25, 0.3) is 0 Å². The SMILES string of the molecule is CCOCCC(O)C1CC(C)CC(C)C1. The average Bonchev–Trinajstić information content (AvgIpc) is 2.16. The molecule has 0 aromatic heterocycles. The molecule has 1 aliphatic rings. The van der Waals surface area contributed by atoms with Crippen LogP contribution in [0.2, 0.25) is 0 Å². The number of ether oxygens (including phenoxy) is 1. The van der Waals surface area contributed by atoms with Gasteiger partial charge < -0.3 is 9.84 Å². The largest absolute Gasteiger partial charge is 0.393 e. The van der Waals surface area contributed by atoms with E-state index in [-0.39, 0.29) is 6.10 Å². The highest BCUT2D eigenvalue weighted by Gasteiger charge is 2.28. The van der Waals surface area contributed by atoms with Crippen molar-refractivity contribution in [1.29, 1.82) is 0 Å². The lowest BCUT2D eigenvalue weighted by Gasteiger charge is -2.34. The van der Waals surface area contributed by atoms with Gasteiger partial charge in [-0.3, -0.25) is 0 Å². The van der Waals surface area contributed by atoms with Crippen LogP contribution in [0.25, 0.3) is 0 Å². The molecule has 0 amide bonds. The molecule has 2 heteroatoms. The highest BCUT2D eigenvalue weighted by molar-refractivity contribution is 4.79. The van der Waals surface area contributed by atoms with Crippen LogP contribution >= 0.6 is 0 Å². The molecule has 3 unspecified atom stereocenters. The Balaban J connectivity index is 2.28. The van der Waals surface area contributed by atoms with Gasteiger partial charge in [0, 0.05) is 13.2 Å². The smallest absolute Gasteiger partial charge is 0.0590 e. The Hall–Kier alpha value is -0.0800. The van der Waals surface area contributed by atoms with Crippen LogP contribution < -0.4 is 0 Å². The molecule has 0 aromatic rings. The second kappa shape index (κ2) is 6.49. The van der Waals surface area contributed by atoms with Crippen LogP contribution in [0.1, 0.15) is 46.5 Å². The standard InChI is InChI=1S/C13H26O2/c1-4-15-6-5-13(14)12-8-10(2)7-11(3)9-12/h10-14H,4-9H2,1-3H3. The number of hydrogen-bond acceptors (Lipinski definition) is 2. The minimum Gasteiger partial charge on any atom is -0.393 e. The first kappa shape index (κ1) is 13.0. The summed E-state index contributed by atoms with van der Waals surface area (Å²) in [6.45, 7) is 8.06. The third kappa shape index (κ3) is 4.52. The fourth-order valence-electron chi connectivity index (χ4n) is 2.91. The lowest BCUT2D eigenvalue weighted by Crippen LogP contribution is -2.30. The second-order valence-corrected chi connectivity index (χ2v) is 5.23. The maximum atomic E-state index is 10.1. The van der Waals surface area contributed by atoms with E-state index < -0.39 is 0 Å². The van der Waals surface area contributed by atoms with Crippen LogP contribution in [0.15, 0.2) is 0 Å². The molecule has 2 nitrogen and oxygen atoms in total. The van der Waals surface area contributed by atoms with Crippen molar-refractivity contribution in [3.63, 3.8) is 0 Å². The van der Waals surface area contributed by atoms with Crippen LogP contribution in [0.4, 0.5) is 0 Å². The fraction of sp³-hybridized carbons (Fsp3) is 1.00. The zero-order chi connectivity index (χ0) is 11.3. The molecule has 1 N–H and O–H groups in total. The van der Waals surface area contributed by atoms with E-state index in [0.717, 1.165) is 24.9 Å². The van der Waals surface area contributed by atoms with Crippen molar-refractivity contribution in [1.82, 2.24) is 0 Å². The summed E-state index contributed by atoms with van der Waals surface area (Å²) in [7, 11) is 0. The maximum absolute atomic E-state index is 10.1. The highest BCUT2D eigenvalue weighted by atomic mass is 16.5. The zero-order valence-electron chi connectivity index (χ0n) is 10.4. The summed E-state index contributed by atoms with van der Waals surface area (Å²) in [5.41, 5.74) is 0. The maximum Gasteiger partial charge on any atom is 0.0590 e. The van der Waals surface area contributed by atoms with Crippen molar-refractivity contribution in [2.75, 3.05) is 13.2 Å². The zero-order valence-corrected chi connectivity index (χ0v) is 10.4. The van der Waals surface area contributed by atoms with Gasteiger partial charge in [0.2, 0.25) is 0 Å². The molecule has 1 saturated carbocycles. The Bertz CT molecular complexity index is 160. The van der Waals surface area contributed by atoms with E-state index in [0.29, 0.717) is 12.5 Å². The predicted molar refractivity (Wildman–Crippen MR) is 62.8 cm³/mol. The minimum atomic E-state index is -0.151. The van der Waals surface area contributed by atoms with E-state index in [1.807, 2.05) is 6.92 Å². The number of aliphatic hydroxyl groups is 1. The first-order valence-electron chi connectivity index (χ1n) is 6.39. The molecule has 1 rings (SSSR count). The lowest BCUT2D eigenvalue weighted by atomic mass is 9.74. The minimum absolute atomic E-state index is 0.151. The van der Waals surface area contributed by atoms with Crippen molar-refractivity contribution in [2.45, 2.75) is 52.6 Å². The molecular formula is C13H26O2. The molecule has 0 aliphatic heterocycles. The average molecular weight is 214 g/mol. The molecule has 0 bridgehead atoms. The van der Waals surface area contributed by atoms with Crippen LogP contribution in [0.3, 0.4) is 0 Å². The van der Waals surface area contributed by atoms with Gasteiger partial charge in [-0.15, -0.1) is 0 Å². The van der Waals surface area contributed by atoms with E-state index in [1.165, 1.54) is 19.3 Å². The fourth-order valence-corrected chi connectivity index (χ4v) is 2.91. The molecular weight excluding hydrogens is 188 g/mol. The van der Waals surface area contributed by atoms with Crippen LogP contribution in [-0.4, -0.2) is 24.4 Å². The summed E-state index contributed by atoms with van der Waals surface area (Å²) >= 11 is 0. The van der Waals surface area contributed by atoms with E-state index in [4.69, 9.17) is 4.74 Å². The third-order valence-electron chi connectivity index (χ3n) is 3.52. The molecule has 0 aromatic carbocycles. The van der Waals surface area contributed by atoms with Gasteiger partial charge >= 0.3 is 0 Å². The van der Waals surface area contributed by atoms with Gasteiger partial charge in [0.05, 0.1) is 6.10 Å². The molecule has 0 saturated heterocycles. The number of rotatable bonds is 5. The molecule has 90 valence electrons. The van der Waals surface area contributed by atoms with Gasteiger partial charge in [0.15, 0.2) is 0 Å². The summed E-state index contributed by atoms with van der Waals surface area (Å²) in [6, 6.07) is 0. The molecule has 3 atom stereocenters. The summed E-state index contributed by atoms with van der Waals surface area (Å²) in [6.07, 6.45) is 4.36. The molecule has 1 fully saturated rings. The van der Waals surface area contributed by atoms with Gasteiger partial charge in [0.1, 0.15) is 0 Å². The molecule has 0 radical (unpaired) electrons. The van der Waals surface area contributed by atoms with Crippen LogP contribution in [0, 0.1) is 17.8 Å². The number of aliphatic hydroxyl groups excluding tert-OH is 1. The van der Waals surface area contributed by atoms with Crippen molar-refractivity contribution in [2.24, 2.45) is 17.8 Å². The Kier molecular flexibility index (Phi) is 5.62. The topological polar surface area (TPSA) is 29.5 Å². The summed E-state index contributed by atoms with van der Waals surface area (Å²) < 4.78 is 5.29. The summed E-state index contributed by atoms with van der Waals surface area (Å²) in [4.78, 5) is 0.